The van der Waals surface area contributed by atoms with Gasteiger partial charge in [0.2, 0.25) is 5.91 Å². The number of aromatic nitrogens is 2. The summed E-state index contributed by atoms with van der Waals surface area (Å²) in [5.41, 5.74) is 1.79. The molecule has 2 aliphatic rings. The molecule has 2 aromatic rings. The number of carbonyl (C=O) groups is 3. The van der Waals surface area contributed by atoms with Crippen LogP contribution in [0.2, 0.25) is 0 Å². The summed E-state index contributed by atoms with van der Waals surface area (Å²) in [6.07, 6.45) is 3.41. The average Bonchev–Trinajstić information content (AvgIpc) is 3.58. The lowest BCUT2D eigenvalue weighted by Crippen LogP contribution is -2.38. The molecular weight excluding hydrogens is 430 g/mol. The van der Waals surface area contributed by atoms with Gasteiger partial charge in [0.1, 0.15) is 5.69 Å². The van der Waals surface area contributed by atoms with E-state index in [2.05, 4.69) is 10.4 Å². The topological polar surface area (TPSA) is 87.5 Å². The van der Waals surface area contributed by atoms with Crippen molar-refractivity contribution >= 4 is 17.7 Å². The van der Waals surface area contributed by atoms with Gasteiger partial charge in [0.05, 0.1) is 0 Å². The molecule has 1 aliphatic carbocycles. The first-order valence-electron chi connectivity index (χ1n) is 12.4. The van der Waals surface area contributed by atoms with E-state index < -0.39 is 0 Å². The zero-order valence-corrected chi connectivity index (χ0v) is 20.2. The number of hydrogen-bond acceptors (Lipinski definition) is 4. The van der Waals surface area contributed by atoms with E-state index in [-0.39, 0.29) is 35.8 Å². The summed E-state index contributed by atoms with van der Waals surface area (Å²) < 4.78 is 1.66. The van der Waals surface area contributed by atoms with E-state index in [1.165, 1.54) is 12.8 Å². The van der Waals surface area contributed by atoms with Crippen LogP contribution in [0, 0.1) is 11.8 Å². The molecule has 0 saturated heterocycles. The van der Waals surface area contributed by atoms with Gasteiger partial charge in [0, 0.05) is 51.8 Å². The Morgan fingerprint density at radius 1 is 1.18 bits per heavy atom. The van der Waals surface area contributed by atoms with E-state index in [9.17, 15) is 14.4 Å². The second-order valence-electron chi connectivity index (χ2n) is 9.85. The Balaban J connectivity index is 1.44. The first-order valence-corrected chi connectivity index (χ1v) is 12.4. The van der Waals surface area contributed by atoms with Crippen molar-refractivity contribution in [3.05, 3.63) is 53.3 Å². The number of rotatable bonds is 10. The molecule has 0 unspecified atom stereocenters. The minimum Gasteiger partial charge on any atom is -0.356 e. The monoisotopic (exact) mass is 465 g/mol. The lowest BCUT2D eigenvalue weighted by atomic mass is 10.2. The maximum atomic E-state index is 13.3. The van der Waals surface area contributed by atoms with E-state index >= 15 is 0 Å². The van der Waals surface area contributed by atoms with Gasteiger partial charge in [-0.25, -0.2) is 0 Å². The zero-order chi connectivity index (χ0) is 24.1. The summed E-state index contributed by atoms with van der Waals surface area (Å²) >= 11 is 0. The van der Waals surface area contributed by atoms with Crippen molar-refractivity contribution in [2.24, 2.45) is 11.8 Å². The van der Waals surface area contributed by atoms with Crippen molar-refractivity contribution in [3.8, 4) is 0 Å². The maximum absolute atomic E-state index is 13.3. The summed E-state index contributed by atoms with van der Waals surface area (Å²) in [7, 11) is 0. The SMILES string of the molecule is CC(C)CN(CCC(=O)NCC1CC1)C(=O)c1cc2n(n1)CCCN(Cc1ccccc1)C2=O. The van der Waals surface area contributed by atoms with Crippen molar-refractivity contribution in [2.75, 3.05) is 26.2 Å². The lowest BCUT2D eigenvalue weighted by Gasteiger charge is -2.23. The van der Waals surface area contributed by atoms with Crippen molar-refractivity contribution in [3.63, 3.8) is 0 Å². The number of nitrogens with one attached hydrogen (secondary N) is 1. The Morgan fingerprint density at radius 3 is 2.65 bits per heavy atom. The highest BCUT2D eigenvalue weighted by molar-refractivity contribution is 5.98. The molecule has 2 heterocycles. The molecule has 1 fully saturated rings. The second-order valence-corrected chi connectivity index (χ2v) is 9.85. The molecule has 0 radical (unpaired) electrons. The van der Waals surface area contributed by atoms with Crippen LogP contribution >= 0.6 is 0 Å². The van der Waals surface area contributed by atoms with Crippen LogP contribution in [-0.4, -0.2) is 63.5 Å². The molecule has 3 amide bonds. The number of amides is 3. The van der Waals surface area contributed by atoms with Crippen molar-refractivity contribution in [2.45, 2.75) is 52.6 Å². The van der Waals surface area contributed by atoms with Crippen LogP contribution < -0.4 is 5.32 Å². The summed E-state index contributed by atoms with van der Waals surface area (Å²) in [5, 5.41) is 7.47. The molecule has 1 aromatic carbocycles. The van der Waals surface area contributed by atoms with E-state index in [1.807, 2.05) is 49.1 Å². The minimum absolute atomic E-state index is 0.0270. The molecule has 8 heteroatoms. The third-order valence-corrected chi connectivity index (χ3v) is 6.29. The third-order valence-electron chi connectivity index (χ3n) is 6.29. The van der Waals surface area contributed by atoms with Crippen molar-refractivity contribution in [1.82, 2.24) is 24.9 Å². The van der Waals surface area contributed by atoms with Crippen LogP contribution in [0.5, 0.6) is 0 Å². The van der Waals surface area contributed by atoms with Crippen LogP contribution in [0.15, 0.2) is 36.4 Å². The molecule has 1 N–H and O–H groups in total. The molecule has 34 heavy (non-hydrogen) atoms. The van der Waals surface area contributed by atoms with E-state index in [0.29, 0.717) is 44.3 Å². The van der Waals surface area contributed by atoms with Crippen LogP contribution in [0.3, 0.4) is 0 Å². The van der Waals surface area contributed by atoms with Crippen LogP contribution in [0.1, 0.15) is 66.1 Å². The summed E-state index contributed by atoms with van der Waals surface area (Å²) in [5.74, 6) is 0.509. The Bertz CT molecular complexity index is 1010. The summed E-state index contributed by atoms with van der Waals surface area (Å²) in [6, 6.07) is 11.5. The number of aryl methyl sites for hydroxylation is 1. The third kappa shape index (κ3) is 6.24. The van der Waals surface area contributed by atoms with E-state index in [4.69, 9.17) is 0 Å². The van der Waals surface area contributed by atoms with Crippen molar-refractivity contribution in [1.29, 1.82) is 0 Å². The number of fused-ring (bicyclic) bond motifs is 1. The quantitative estimate of drug-likeness (QED) is 0.584. The fourth-order valence-corrected chi connectivity index (χ4v) is 4.28. The Hall–Kier alpha value is -3.16. The van der Waals surface area contributed by atoms with Gasteiger partial charge < -0.3 is 15.1 Å². The van der Waals surface area contributed by atoms with Crippen LogP contribution in [0.25, 0.3) is 0 Å². The van der Waals surface area contributed by atoms with Gasteiger partial charge in [0.15, 0.2) is 5.69 Å². The lowest BCUT2D eigenvalue weighted by molar-refractivity contribution is -0.121. The highest BCUT2D eigenvalue weighted by Gasteiger charge is 2.28. The number of hydrogen-bond donors (Lipinski definition) is 1. The highest BCUT2D eigenvalue weighted by atomic mass is 16.2. The fraction of sp³-hybridized carbons (Fsp3) is 0.538. The minimum atomic E-state index is -0.230. The van der Waals surface area contributed by atoms with Gasteiger partial charge in [-0.2, -0.15) is 5.10 Å². The highest BCUT2D eigenvalue weighted by Crippen LogP contribution is 2.27. The van der Waals surface area contributed by atoms with E-state index in [1.54, 1.807) is 15.6 Å². The Kier molecular flexibility index (Phi) is 7.65. The molecule has 1 aliphatic heterocycles. The van der Waals surface area contributed by atoms with Gasteiger partial charge in [-0.15, -0.1) is 0 Å². The molecule has 4 rings (SSSR count). The van der Waals surface area contributed by atoms with Gasteiger partial charge in [-0.05, 0) is 36.7 Å². The first-order chi connectivity index (χ1) is 16.4. The molecule has 1 saturated carbocycles. The average molecular weight is 466 g/mol. The maximum Gasteiger partial charge on any atom is 0.274 e. The Labute approximate surface area is 201 Å². The first kappa shape index (κ1) is 24.0. The largest absolute Gasteiger partial charge is 0.356 e. The van der Waals surface area contributed by atoms with Gasteiger partial charge in [-0.1, -0.05) is 44.2 Å². The molecule has 0 spiro atoms. The van der Waals surface area contributed by atoms with Crippen molar-refractivity contribution < 1.29 is 14.4 Å². The Morgan fingerprint density at radius 2 is 1.94 bits per heavy atom. The van der Waals surface area contributed by atoms with E-state index in [0.717, 1.165) is 18.5 Å². The van der Waals surface area contributed by atoms with Gasteiger partial charge in [-0.3, -0.25) is 19.1 Å². The molecule has 182 valence electrons. The fourth-order valence-electron chi connectivity index (χ4n) is 4.28. The molecule has 1 aromatic heterocycles. The summed E-state index contributed by atoms with van der Waals surface area (Å²) in [6.45, 7) is 7.45. The molecule has 0 atom stereocenters. The van der Waals surface area contributed by atoms with Crippen LogP contribution in [0.4, 0.5) is 0 Å². The predicted octanol–water partition coefficient (Wildman–Crippen LogP) is 2.94. The summed E-state index contributed by atoms with van der Waals surface area (Å²) in [4.78, 5) is 42.3. The van der Waals surface area contributed by atoms with Crippen LogP contribution in [-0.2, 0) is 17.9 Å². The smallest absolute Gasteiger partial charge is 0.274 e. The molecular formula is C26H35N5O3. The predicted molar refractivity (Wildman–Crippen MR) is 129 cm³/mol. The van der Waals surface area contributed by atoms with Gasteiger partial charge in [0.25, 0.3) is 11.8 Å². The normalized spacial score (nSPS) is 15.7. The molecule has 8 nitrogen and oxygen atoms in total. The second kappa shape index (κ2) is 10.8. The molecule has 0 bridgehead atoms. The standard InChI is InChI=1S/C26H35N5O3/c1-19(2)17-30(14-11-24(32)27-16-20-9-10-20)25(33)22-15-23-26(34)29(12-6-13-31(23)28-22)18-21-7-4-3-5-8-21/h3-5,7-8,15,19-20H,6,9-14,16-18H2,1-2H3,(H,27,32). The number of benzene rings is 1. The number of carbonyl (C=O) groups excluding carboxylic acids is 3. The zero-order valence-electron chi connectivity index (χ0n) is 20.2. The number of nitrogens with zero attached hydrogens (tertiary/aromatic N) is 4. The van der Waals surface area contributed by atoms with Gasteiger partial charge >= 0.3 is 0 Å².